The van der Waals surface area contributed by atoms with E-state index < -0.39 is 21.2 Å². The Hall–Kier alpha value is -0.860. The molecule has 2 unspecified atom stereocenters. The van der Waals surface area contributed by atoms with Crippen LogP contribution in [-0.2, 0) is 9.84 Å². The van der Waals surface area contributed by atoms with Crippen LogP contribution in [0.25, 0.3) is 0 Å². The summed E-state index contributed by atoms with van der Waals surface area (Å²) < 4.78 is 22.7. The molecular formula is C9H13N3O3S2. The fraction of sp³-hybridized carbons (Fsp3) is 0.556. The fourth-order valence-corrected chi connectivity index (χ4v) is 5.17. The quantitative estimate of drug-likeness (QED) is 0.708. The van der Waals surface area contributed by atoms with Crippen LogP contribution in [-0.4, -0.2) is 46.4 Å². The molecule has 17 heavy (non-hydrogen) atoms. The van der Waals surface area contributed by atoms with Gasteiger partial charge in [0.25, 0.3) is 0 Å². The number of rotatable bonds is 2. The first-order valence-electron chi connectivity index (χ1n) is 5.02. The minimum absolute atomic E-state index is 0.0456. The summed E-state index contributed by atoms with van der Waals surface area (Å²) in [5, 5.41) is 9.63. The number of aliphatic hydroxyl groups excluding tert-OH is 1. The van der Waals surface area contributed by atoms with E-state index in [2.05, 4.69) is 9.97 Å². The number of sulfone groups is 1. The molecule has 1 saturated heterocycles. The van der Waals surface area contributed by atoms with E-state index in [0.29, 0.717) is 11.0 Å². The summed E-state index contributed by atoms with van der Waals surface area (Å²) in [6, 6.07) is 1.63. The Morgan fingerprint density at radius 3 is 2.71 bits per heavy atom. The number of nitrogens with two attached hydrogens (primary N) is 1. The summed E-state index contributed by atoms with van der Waals surface area (Å²) >= 11 is 1.16. The zero-order chi connectivity index (χ0) is 12.6. The number of anilines is 1. The maximum absolute atomic E-state index is 11.3. The Morgan fingerprint density at radius 1 is 1.47 bits per heavy atom. The summed E-state index contributed by atoms with van der Waals surface area (Å²) in [4.78, 5) is 8.15. The third kappa shape index (κ3) is 3.08. The Labute approximate surface area is 104 Å². The maximum atomic E-state index is 11.3. The van der Waals surface area contributed by atoms with Crippen molar-refractivity contribution in [2.75, 3.05) is 17.2 Å². The van der Waals surface area contributed by atoms with Crippen LogP contribution in [0, 0.1) is 6.92 Å². The lowest BCUT2D eigenvalue weighted by Gasteiger charge is -2.11. The van der Waals surface area contributed by atoms with Crippen LogP contribution >= 0.6 is 11.8 Å². The molecule has 1 fully saturated rings. The molecule has 2 heterocycles. The summed E-state index contributed by atoms with van der Waals surface area (Å²) in [5.41, 5.74) is 6.29. The van der Waals surface area contributed by atoms with Gasteiger partial charge in [0.05, 0.1) is 22.9 Å². The molecule has 3 N–H and O–H groups in total. The van der Waals surface area contributed by atoms with Crippen molar-refractivity contribution in [2.24, 2.45) is 0 Å². The van der Waals surface area contributed by atoms with E-state index in [9.17, 15) is 13.5 Å². The highest BCUT2D eigenvalue weighted by Crippen LogP contribution is 2.29. The molecule has 0 bridgehead atoms. The van der Waals surface area contributed by atoms with Crippen LogP contribution in [0.3, 0.4) is 0 Å². The Bertz CT molecular complexity index is 512. The smallest absolute Gasteiger partial charge is 0.190 e. The second-order valence-electron chi connectivity index (χ2n) is 4.02. The molecule has 1 aliphatic rings. The van der Waals surface area contributed by atoms with Crippen LogP contribution in [0.2, 0.25) is 0 Å². The van der Waals surface area contributed by atoms with E-state index in [4.69, 9.17) is 5.73 Å². The van der Waals surface area contributed by atoms with Crippen LogP contribution in [0.1, 0.15) is 5.69 Å². The first kappa shape index (κ1) is 12.6. The molecule has 2 rings (SSSR count). The van der Waals surface area contributed by atoms with Crippen molar-refractivity contribution >= 4 is 27.4 Å². The van der Waals surface area contributed by atoms with E-state index in [1.807, 2.05) is 0 Å². The molecule has 0 aliphatic carbocycles. The number of aromatic nitrogens is 2. The minimum atomic E-state index is -3.14. The monoisotopic (exact) mass is 275 g/mol. The predicted octanol–water partition coefficient (Wildman–Crippen LogP) is -0.383. The number of thioether (sulfide) groups is 1. The summed E-state index contributed by atoms with van der Waals surface area (Å²) in [5.74, 6) is 0.109. The second kappa shape index (κ2) is 4.43. The van der Waals surface area contributed by atoms with Gasteiger partial charge in [-0.1, -0.05) is 11.8 Å². The average Bonchev–Trinajstić information content (AvgIpc) is 2.37. The second-order valence-corrected chi connectivity index (χ2v) is 7.38. The van der Waals surface area contributed by atoms with Crippen molar-refractivity contribution in [1.82, 2.24) is 9.97 Å². The van der Waals surface area contributed by atoms with Gasteiger partial charge in [-0.15, -0.1) is 0 Å². The van der Waals surface area contributed by atoms with E-state index >= 15 is 0 Å². The highest BCUT2D eigenvalue weighted by molar-refractivity contribution is 8.01. The molecule has 0 spiro atoms. The Kier molecular flexibility index (Phi) is 3.28. The molecular weight excluding hydrogens is 262 g/mol. The molecule has 2 atom stereocenters. The van der Waals surface area contributed by atoms with Crippen molar-refractivity contribution in [3.8, 4) is 0 Å². The van der Waals surface area contributed by atoms with Gasteiger partial charge >= 0.3 is 0 Å². The standard InChI is InChI=1S/C9H13N3O3S2/c1-5-2-8(10)12-9(11-5)16-7-4-17(14,15)3-6(7)13/h2,6-7,13H,3-4H2,1H3,(H2,10,11,12). The van der Waals surface area contributed by atoms with Crippen molar-refractivity contribution in [3.05, 3.63) is 11.8 Å². The predicted molar refractivity (Wildman–Crippen MR) is 65.5 cm³/mol. The largest absolute Gasteiger partial charge is 0.391 e. The van der Waals surface area contributed by atoms with E-state index in [-0.39, 0.29) is 11.5 Å². The normalized spacial score (nSPS) is 27.2. The number of aliphatic hydroxyl groups is 1. The number of hydrogen-bond acceptors (Lipinski definition) is 7. The summed E-state index contributed by atoms with van der Waals surface area (Å²) in [6.07, 6.45) is -0.865. The van der Waals surface area contributed by atoms with Crippen molar-refractivity contribution < 1.29 is 13.5 Å². The summed E-state index contributed by atoms with van der Waals surface area (Å²) in [6.45, 7) is 1.78. The summed E-state index contributed by atoms with van der Waals surface area (Å²) in [7, 11) is -3.14. The number of nitrogens with zero attached hydrogens (tertiary/aromatic N) is 2. The topological polar surface area (TPSA) is 106 Å². The lowest BCUT2D eigenvalue weighted by Crippen LogP contribution is -2.20. The lowest BCUT2D eigenvalue weighted by molar-refractivity contribution is 0.207. The van der Waals surface area contributed by atoms with E-state index in [0.717, 1.165) is 17.5 Å². The molecule has 0 amide bonds. The van der Waals surface area contributed by atoms with Gasteiger partial charge in [0.1, 0.15) is 5.82 Å². The van der Waals surface area contributed by atoms with E-state index in [1.165, 1.54) is 0 Å². The zero-order valence-corrected chi connectivity index (χ0v) is 10.8. The molecule has 0 radical (unpaired) electrons. The van der Waals surface area contributed by atoms with Crippen LogP contribution in [0.5, 0.6) is 0 Å². The zero-order valence-electron chi connectivity index (χ0n) is 9.20. The lowest BCUT2D eigenvalue weighted by atomic mass is 10.3. The van der Waals surface area contributed by atoms with Gasteiger partial charge in [-0.05, 0) is 6.92 Å². The molecule has 0 aromatic carbocycles. The Balaban J connectivity index is 2.16. The van der Waals surface area contributed by atoms with Crippen molar-refractivity contribution in [2.45, 2.75) is 23.4 Å². The van der Waals surface area contributed by atoms with Gasteiger partial charge in [0, 0.05) is 11.8 Å². The first-order chi connectivity index (χ1) is 7.85. The Morgan fingerprint density at radius 2 is 2.18 bits per heavy atom. The minimum Gasteiger partial charge on any atom is -0.391 e. The SMILES string of the molecule is Cc1cc(N)nc(SC2CS(=O)(=O)CC2O)n1. The molecule has 1 aromatic heterocycles. The first-order valence-corrected chi connectivity index (χ1v) is 7.72. The van der Waals surface area contributed by atoms with Gasteiger partial charge in [-0.2, -0.15) is 0 Å². The van der Waals surface area contributed by atoms with Gasteiger partial charge in [0.2, 0.25) is 0 Å². The number of aryl methyl sites for hydroxylation is 1. The number of nitrogen functional groups attached to an aromatic ring is 1. The third-order valence-electron chi connectivity index (χ3n) is 2.38. The van der Waals surface area contributed by atoms with Crippen LogP contribution in [0.15, 0.2) is 11.2 Å². The maximum Gasteiger partial charge on any atom is 0.190 e. The van der Waals surface area contributed by atoms with E-state index in [1.54, 1.807) is 13.0 Å². The highest BCUT2D eigenvalue weighted by Gasteiger charge is 2.37. The van der Waals surface area contributed by atoms with Crippen molar-refractivity contribution in [3.63, 3.8) is 0 Å². The van der Waals surface area contributed by atoms with Gasteiger partial charge < -0.3 is 10.8 Å². The molecule has 6 nitrogen and oxygen atoms in total. The molecule has 94 valence electrons. The molecule has 1 aliphatic heterocycles. The molecule has 0 saturated carbocycles. The fourth-order valence-electron chi connectivity index (χ4n) is 1.66. The van der Waals surface area contributed by atoms with Gasteiger partial charge in [-0.25, -0.2) is 18.4 Å². The third-order valence-corrected chi connectivity index (χ3v) is 5.49. The molecule has 1 aromatic rings. The highest BCUT2D eigenvalue weighted by atomic mass is 32.2. The average molecular weight is 275 g/mol. The molecule has 8 heteroatoms. The van der Waals surface area contributed by atoms with Gasteiger partial charge in [-0.3, -0.25) is 0 Å². The van der Waals surface area contributed by atoms with Crippen LogP contribution < -0.4 is 5.73 Å². The van der Waals surface area contributed by atoms with Crippen molar-refractivity contribution in [1.29, 1.82) is 0 Å². The van der Waals surface area contributed by atoms with Crippen LogP contribution in [0.4, 0.5) is 5.82 Å². The van der Waals surface area contributed by atoms with Gasteiger partial charge in [0.15, 0.2) is 15.0 Å². The number of hydrogen-bond donors (Lipinski definition) is 2.